The van der Waals surface area contributed by atoms with E-state index in [1.54, 1.807) is 0 Å². The van der Waals surface area contributed by atoms with Crippen molar-refractivity contribution >= 4 is 22.7 Å². The summed E-state index contributed by atoms with van der Waals surface area (Å²) in [5, 5.41) is 0. The molecule has 0 aromatic carbocycles. The Hall–Kier alpha value is -0.120. The van der Waals surface area contributed by atoms with E-state index in [4.69, 9.17) is 9.11 Å². The van der Waals surface area contributed by atoms with Crippen LogP contribution in [0.1, 0.15) is 6.92 Å². The molecule has 0 aromatic rings. The molecule has 4 atom stereocenters. The molecule has 0 bridgehead atoms. The maximum Gasteiger partial charge on any atom is 0.302 e. The normalized spacial score (nSPS) is 20.2. The van der Waals surface area contributed by atoms with Gasteiger partial charge in [-0.1, -0.05) is 6.08 Å². The van der Waals surface area contributed by atoms with Crippen LogP contribution in [0.3, 0.4) is 0 Å². The molecule has 0 fully saturated rings. The van der Waals surface area contributed by atoms with E-state index in [-0.39, 0.29) is 0 Å². The van der Waals surface area contributed by atoms with Gasteiger partial charge in [-0.3, -0.25) is 17.5 Å². The third kappa shape index (κ3) is 6.02. The lowest BCUT2D eigenvalue weighted by Crippen LogP contribution is -2.28. The van der Waals surface area contributed by atoms with Crippen LogP contribution in [-0.2, 0) is 31.1 Å². The second-order valence-electron chi connectivity index (χ2n) is 2.03. The van der Waals surface area contributed by atoms with Crippen molar-refractivity contribution in [3.8, 4) is 0 Å². The number of hydrogen-bond acceptors (Lipinski definition) is 4. The molecule has 13 heavy (non-hydrogen) atoms. The van der Waals surface area contributed by atoms with E-state index in [2.05, 4.69) is 14.9 Å². The summed E-state index contributed by atoms with van der Waals surface area (Å²) < 4.78 is 45.8. The summed E-state index contributed by atoms with van der Waals surface area (Å²) in [7, 11) is 0. The van der Waals surface area contributed by atoms with Crippen molar-refractivity contribution in [3.05, 3.63) is 12.7 Å². The third-order valence-corrected chi connectivity index (χ3v) is 1.98. The first kappa shape index (κ1) is 12.9. The second kappa shape index (κ2) is 6.35. The average molecular weight is 230 g/mol. The fraction of sp³-hybridized carbons (Fsp3) is 0.600. The second-order valence-corrected chi connectivity index (χ2v) is 3.29. The summed E-state index contributed by atoms with van der Waals surface area (Å²) in [6, 6.07) is 0. The Kier molecular flexibility index (Phi) is 6.29. The first-order valence-electron chi connectivity index (χ1n) is 3.16. The fourth-order valence-electron chi connectivity index (χ4n) is 0.589. The van der Waals surface area contributed by atoms with Crippen LogP contribution in [0.4, 0.5) is 0 Å². The molecule has 6 nitrogen and oxygen atoms in total. The van der Waals surface area contributed by atoms with Gasteiger partial charge in [-0.25, -0.2) is 0 Å². The average Bonchev–Trinajstić information content (AvgIpc) is 1.98. The standard InChI is InChI=1S/C5H10O6S2/c1-3-5(11-13(8)9)4(2)10-12(6)7/h3-5H,1H2,2H3,(H,6,7)(H,8,9). The highest BCUT2D eigenvalue weighted by Gasteiger charge is 2.19. The number of hydrogen-bond donors (Lipinski definition) is 2. The van der Waals surface area contributed by atoms with Gasteiger partial charge in [0, 0.05) is 0 Å². The van der Waals surface area contributed by atoms with Crippen molar-refractivity contribution in [2.75, 3.05) is 0 Å². The van der Waals surface area contributed by atoms with E-state index in [9.17, 15) is 8.42 Å². The Morgan fingerprint density at radius 2 is 1.77 bits per heavy atom. The van der Waals surface area contributed by atoms with Crippen LogP contribution in [0.2, 0.25) is 0 Å². The monoisotopic (exact) mass is 230 g/mol. The molecule has 0 aromatic heterocycles. The largest absolute Gasteiger partial charge is 0.302 e. The van der Waals surface area contributed by atoms with Gasteiger partial charge < -0.3 is 0 Å². The molecular formula is C5H10O6S2. The lowest BCUT2D eigenvalue weighted by molar-refractivity contribution is 0.102. The molecule has 0 radical (unpaired) electrons. The number of rotatable bonds is 6. The van der Waals surface area contributed by atoms with E-state index in [1.807, 2.05) is 0 Å². The SMILES string of the molecule is C=CC(OS(=O)O)C(C)OS(=O)O. The predicted molar refractivity (Wildman–Crippen MR) is 47.2 cm³/mol. The van der Waals surface area contributed by atoms with E-state index >= 15 is 0 Å². The Bertz CT molecular complexity index is 217. The van der Waals surface area contributed by atoms with Gasteiger partial charge in [-0.05, 0) is 6.92 Å². The molecule has 2 N–H and O–H groups in total. The minimum Gasteiger partial charge on any atom is -0.284 e. The van der Waals surface area contributed by atoms with Crippen LogP contribution in [0.15, 0.2) is 12.7 Å². The molecule has 4 unspecified atom stereocenters. The summed E-state index contributed by atoms with van der Waals surface area (Å²) >= 11 is -4.90. The first-order chi connectivity index (χ1) is 5.97. The van der Waals surface area contributed by atoms with Crippen LogP contribution in [0, 0.1) is 0 Å². The zero-order valence-corrected chi connectivity index (χ0v) is 8.42. The van der Waals surface area contributed by atoms with Crippen molar-refractivity contribution in [2.24, 2.45) is 0 Å². The highest BCUT2D eigenvalue weighted by molar-refractivity contribution is 7.74. The molecule has 0 saturated carbocycles. The summed E-state index contributed by atoms with van der Waals surface area (Å²) in [6.07, 6.45) is -0.549. The van der Waals surface area contributed by atoms with Gasteiger partial charge >= 0.3 is 22.7 Å². The molecule has 0 aliphatic rings. The molecule has 0 amide bonds. The zero-order chi connectivity index (χ0) is 10.4. The van der Waals surface area contributed by atoms with Crippen LogP contribution >= 0.6 is 0 Å². The van der Waals surface area contributed by atoms with E-state index in [0.717, 1.165) is 0 Å². The van der Waals surface area contributed by atoms with E-state index in [1.165, 1.54) is 13.0 Å². The van der Waals surface area contributed by atoms with Gasteiger partial charge in [-0.15, -0.1) is 6.58 Å². The summed E-state index contributed by atoms with van der Waals surface area (Å²) in [6.45, 7) is 4.72. The lowest BCUT2D eigenvalue weighted by Gasteiger charge is -2.16. The fourth-order valence-corrected chi connectivity index (χ4v) is 1.38. The molecule has 0 spiro atoms. The molecule has 0 aliphatic carbocycles. The van der Waals surface area contributed by atoms with Crippen LogP contribution in [0.5, 0.6) is 0 Å². The molecule has 78 valence electrons. The summed E-state index contributed by atoms with van der Waals surface area (Å²) in [5.41, 5.74) is 0. The van der Waals surface area contributed by atoms with Gasteiger partial charge in [0.1, 0.15) is 12.2 Å². The molecule has 0 rings (SSSR count). The van der Waals surface area contributed by atoms with Crippen molar-refractivity contribution in [1.82, 2.24) is 0 Å². The molecule has 0 saturated heterocycles. The molecular weight excluding hydrogens is 220 g/mol. The topological polar surface area (TPSA) is 93.1 Å². The highest BCUT2D eigenvalue weighted by atomic mass is 32.2. The van der Waals surface area contributed by atoms with Gasteiger partial charge in [0.15, 0.2) is 0 Å². The molecule has 0 heterocycles. The third-order valence-electron chi connectivity index (χ3n) is 1.12. The highest BCUT2D eigenvalue weighted by Crippen LogP contribution is 2.07. The maximum absolute atomic E-state index is 10.2. The Balaban J connectivity index is 4.14. The molecule has 0 aliphatic heterocycles. The van der Waals surface area contributed by atoms with Crippen molar-refractivity contribution < 1.29 is 25.9 Å². The van der Waals surface area contributed by atoms with Gasteiger partial charge in [0.05, 0.1) is 0 Å². The maximum atomic E-state index is 10.2. The lowest BCUT2D eigenvalue weighted by atomic mass is 10.2. The van der Waals surface area contributed by atoms with Crippen molar-refractivity contribution in [3.63, 3.8) is 0 Å². The zero-order valence-electron chi connectivity index (χ0n) is 6.78. The quantitative estimate of drug-likeness (QED) is 0.501. The summed E-state index contributed by atoms with van der Waals surface area (Å²) in [4.78, 5) is 0. The smallest absolute Gasteiger partial charge is 0.284 e. The van der Waals surface area contributed by atoms with Crippen LogP contribution < -0.4 is 0 Å². The van der Waals surface area contributed by atoms with Crippen molar-refractivity contribution in [1.29, 1.82) is 0 Å². The van der Waals surface area contributed by atoms with Gasteiger partial charge in [0.25, 0.3) is 0 Å². The first-order valence-corrected chi connectivity index (χ1v) is 5.22. The predicted octanol–water partition coefficient (Wildman–Crippen LogP) is 0.236. The van der Waals surface area contributed by atoms with Gasteiger partial charge in [0.2, 0.25) is 0 Å². The Labute approximate surface area is 80.9 Å². The van der Waals surface area contributed by atoms with Crippen LogP contribution in [-0.4, -0.2) is 29.7 Å². The van der Waals surface area contributed by atoms with Crippen molar-refractivity contribution in [2.45, 2.75) is 19.1 Å². The minimum absolute atomic E-state index is 0.834. The summed E-state index contributed by atoms with van der Waals surface area (Å²) in [5.74, 6) is 0. The molecule has 8 heteroatoms. The van der Waals surface area contributed by atoms with Crippen LogP contribution in [0.25, 0.3) is 0 Å². The van der Waals surface area contributed by atoms with E-state index in [0.29, 0.717) is 0 Å². The van der Waals surface area contributed by atoms with E-state index < -0.39 is 34.9 Å². The Morgan fingerprint density at radius 1 is 1.31 bits per heavy atom. The minimum atomic E-state index is -2.46. The Morgan fingerprint density at radius 3 is 2.08 bits per heavy atom. The van der Waals surface area contributed by atoms with Gasteiger partial charge in [-0.2, -0.15) is 8.42 Å².